The Morgan fingerprint density at radius 3 is 2.17 bits per heavy atom. The smallest absolute Gasteiger partial charge is 0.353 e. The number of epoxide rings is 1. The van der Waals surface area contributed by atoms with Gasteiger partial charge in [-0.2, -0.15) is 26.3 Å². The Morgan fingerprint density at radius 2 is 1.61 bits per heavy atom. The van der Waals surface area contributed by atoms with Gasteiger partial charge in [-0.1, -0.05) is 24.3 Å². The van der Waals surface area contributed by atoms with E-state index in [1.54, 1.807) is 4.90 Å². The highest BCUT2D eigenvalue weighted by Crippen LogP contribution is 2.47. The zero-order valence-electron chi connectivity index (χ0n) is 23.5. The monoisotopic (exact) mass is 583 g/mol. The fourth-order valence-electron chi connectivity index (χ4n) is 6.61. The van der Waals surface area contributed by atoms with E-state index in [2.05, 4.69) is 4.90 Å². The number of benzene rings is 2. The van der Waals surface area contributed by atoms with Gasteiger partial charge in [0.1, 0.15) is 6.23 Å². The molecule has 2 aromatic rings. The van der Waals surface area contributed by atoms with Crippen molar-refractivity contribution in [2.45, 2.75) is 70.4 Å². The minimum atomic E-state index is -4.96. The van der Waals surface area contributed by atoms with E-state index >= 15 is 0 Å². The van der Waals surface area contributed by atoms with Gasteiger partial charge in [0.05, 0.1) is 29.3 Å². The second-order valence-corrected chi connectivity index (χ2v) is 11.6. The minimum Gasteiger partial charge on any atom is -0.353 e. The van der Waals surface area contributed by atoms with Crippen LogP contribution in [0, 0.1) is 18.8 Å². The van der Waals surface area contributed by atoms with Crippen molar-refractivity contribution in [2.75, 3.05) is 26.7 Å². The molecule has 6 atom stereocenters. The first-order chi connectivity index (χ1) is 19.2. The molecule has 0 spiro atoms. The largest absolute Gasteiger partial charge is 0.416 e. The predicted molar refractivity (Wildman–Crippen MR) is 141 cm³/mol. The third-order valence-corrected chi connectivity index (χ3v) is 9.07. The van der Waals surface area contributed by atoms with E-state index in [9.17, 15) is 31.1 Å². The first kappa shape index (κ1) is 29.7. The van der Waals surface area contributed by atoms with Gasteiger partial charge in [-0.05, 0) is 80.3 Å². The molecule has 3 aliphatic heterocycles. The summed E-state index contributed by atoms with van der Waals surface area (Å²) in [5.74, 6) is 0.488. The number of alkyl halides is 6. The average molecular weight is 584 g/mol. The highest BCUT2D eigenvalue weighted by Gasteiger charge is 2.49. The lowest BCUT2D eigenvalue weighted by Crippen LogP contribution is -2.55. The molecule has 2 amide bonds. The Labute approximate surface area is 236 Å². The number of aryl methyl sites for hydroxylation is 1. The Morgan fingerprint density at radius 1 is 1.00 bits per heavy atom. The van der Waals surface area contributed by atoms with Crippen molar-refractivity contribution >= 4 is 6.03 Å². The van der Waals surface area contributed by atoms with E-state index in [-0.39, 0.29) is 35.9 Å². The average Bonchev–Trinajstić information content (AvgIpc) is 3.66. The third kappa shape index (κ3) is 5.93. The second-order valence-electron chi connectivity index (χ2n) is 11.6. The summed E-state index contributed by atoms with van der Waals surface area (Å²) in [6.45, 7) is 7.62. The summed E-state index contributed by atoms with van der Waals surface area (Å²) >= 11 is 0. The van der Waals surface area contributed by atoms with Crippen LogP contribution in [0.15, 0.2) is 42.5 Å². The predicted octanol–water partition coefficient (Wildman–Crippen LogP) is 7.28. The summed E-state index contributed by atoms with van der Waals surface area (Å²) in [6, 6.07) is 7.65. The first-order valence-corrected chi connectivity index (χ1v) is 13.9. The maximum Gasteiger partial charge on any atom is 0.416 e. The van der Waals surface area contributed by atoms with Gasteiger partial charge < -0.3 is 14.5 Å². The van der Waals surface area contributed by atoms with Crippen LogP contribution in [0.1, 0.15) is 66.6 Å². The molecule has 11 heteroatoms. The molecular weight excluding hydrogens is 548 g/mol. The van der Waals surface area contributed by atoms with Crippen molar-refractivity contribution in [3.05, 3.63) is 70.3 Å². The van der Waals surface area contributed by atoms with Crippen LogP contribution in [0.4, 0.5) is 31.1 Å². The maximum absolute atomic E-state index is 14.0. The van der Waals surface area contributed by atoms with Crippen molar-refractivity contribution in [3.63, 3.8) is 0 Å². The van der Waals surface area contributed by atoms with E-state index in [1.165, 1.54) is 18.9 Å². The van der Waals surface area contributed by atoms with Crippen LogP contribution in [-0.2, 0) is 17.1 Å². The van der Waals surface area contributed by atoms with E-state index in [0.717, 1.165) is 37.1 Å². The maximum atomic E-state index is 14.0. The second kappa shape index (κ2) is 10.8. The van der Waals surface area contributed by atoms with Gasteiger partial charge in [0.25, 0.3) is 0 Å². The number of hydrogen-bond acceptors (Lipinski definition) is 3. The number of urea groups is 1. The molecule has 224 valence electrons. The van der Waals surface area contributed by atoms with E-state index in [0.29, 0.717) is 24.6 Å². The van der Waals surface area contributed by atoms with Crippen molar-refractivity contribution in [1.29, 1.82) is 0 Å². The molecule has 3 saturated heterocycles. The molecule has 3 aliphatic rings. The molecule has 3 unspecified atom stereocenters. The Bertz CT molecular complexity index is 1250. The lowest BCUT2D eigenvalue weighted by atomic mass is 9.72. The summed E-state index contributed by atoms with van der Waals surface area (Å²) in [7, 11) is 1.44. The number of piperidine rings is 2. The summed E-state index contributed by atoms with van der Waals surface area (Å²) < 4.78 is 86.8. The Kier molecular flexibility index (Phi) is 7.82. The number of amides is 2. The number of carbonyl (C=O) groups excluding carboxylic acids is 1. The van der Waals surface area contributed by atoms with Crippen molar-refractivity contribution in [2.24, 2.45) is 11.8 Å². The first-order valence-electron chi connectivity index (χ1n) is 13.9. The van der Waals surface area contributed by atoms with E-state index < -0.39 is 35.6 Å². The van der Waals surface area contributed by atoms with Crippen molar-refractivity contribution in [1.82, 2.24) is 14.7 Å². The van der Waals surface area contributed by atoms with Gasteiger partial charge in [0.2, 0.25) is 0 Å². The molecule has 0 N–H and O–H groups in total. The van der Waals surface area contributed by atoms with E-state index in [4.69, 9.17) is 4.74 Å². The molecule has 0 radical (unpaired) electrons. The molecule has 0 aromatic heterocycles. The van der Waals surface area contributed by atoms with E-state index in [1.807, 2.05) is 38.1 Å². The van der Waals surface area contributed by atoms with Gasteiger partial charge in [-0.25, -0.2) is 4.79 Å². The fraction of sp³-hybridized carbons (Fsp3) is 0.567. The van der Waals surface area contributed by atoms with Crippen LogP contribution in [0.2, 0.25) is 0 Å². The number of likely N-dealkylation sites (tertiary alicyclic amines) is 2. The van der Waals surface area contributed by atoms with Crippen LogP contribution in [0.3, 0.4) is 0 Å². The van der Waals surface area contributed by atoms with Crippen LogP contribution < -0.4 is 0 Å². The Balaban J connectivity index is 1.44. The topological polar surface area (TPSA) is 39.3 Å². The number of halogens is 6. The molecule has 3 heterocycles. The number of hydrogen-bond donors (Lipinski definition) is 0. The van der Waals surface area contributed by atoms with Crippen LogP contribution >= 0.6 is 0 Å². The standard InChI is InChI=1S/C30H35F6N3O2/c1-17-7-5-6-8-24(17)26-25-10-11-38(27-19(3)41-27)16-20(25)9-12-39(26)28(40)37(4)18(2)21-13-22(29(31,32)33)15-23(14-21)30(34,35)36/h5-8,13-15,18-20,25-27H,9-12,16H2,1-4H3/t18-,19?,20?,25-,26+,27?/m1/s1. The van der Waals surface area contributed by atoms with Crippen LogP contribution in [0.25, 0.3) is 0 Å². The summed E-state index contributed by atoms with van der Waals surface area (Å²) in [5, 5.41) is 0. The van der Waals surface area contributed by atoms with Gasteiger partial charge in [-0.15, -0.1) is 0 Å². The molecule has 3 fully saturated rings. The number of ether oxygens (including phenoxy) is 1. The van der Waals surface area contributed by atoms with Gasteiger partial charge >= 0.3 is 18.4 Å². The SMILES string of the molecule is Cc1ccccc1[C@H]1[C@@H]2CCN(C3OC3C)CC2CCN1C(=O)N(C)[C@H](C)c1cc(C(F)(F)F)cc(C(F)(F)F)c1. The zero-order valence-corrected chi connectivity index (χ0v) is 23.5. The van der Waals surface area contributed by atoms with Gasteiger partial charge in [0, 0.05) is 26.7 Å². The molecule has 5 rings (SSSR count). The fourth-order valence-corrected chi connectivity index (χ4v) is 6.61. The lowest BCUT2D eigenvalue weighted by Gasteiger charge is -2.51. The molecule has 5 nitrogen and oxygen atoms in total. The lowest BCUT2D eigenvalue weighted by molar-refractivity contribution is -0.143. The van der Waals surface area contributed by atoms with Crippen molar-refractivity contribution in [3.8, 4) is 0 Å². The summed E-state index contributed by atoms with van der Waals surface area (Å²) in [4.78, 5) is 19.4. The van der Waals surface area contributed by atoms with Crippen molar-refractivity contribution < 1.29 is 35.9 Å². The summed E-state index contributed by atoms with van der Waals surface area (Å²) in [5.41, 5.74) is -0.971. The highest BCUT2D eigenvalue weighted by atomic mass is 19.4. The molecule has 0 saturated carbocycles. The number of rotatable bonds is 4. The number of carbonyl (C=O) groups is 1. The molecular formula is C30H35F6N3O2. The normalized spacial score (nSPS) is 27.8. The molecule has 2 aromatic carbocycles. The third-order valence-electron chi connectivity index (χ3n) is 9.07. The van der Waals surface area contributed by atoms with Crippen LogP contribution in [0.5, 0.6) is 0 Å². The highest BCUT2D eigenvalue weighted by molar-refractivity contribution is 5.75. The number of fused-ring (bicyclic) bond motifs is 1. The Hall–Kier alpha value is -2.79. The quantitative estimate of drug-likeness (QED) is 0.281. The number of nitrogens with zero attached hydrogens (tertiary/aromatic N) is 3. The molecule has 41 heavy (non-hydrogen) atoms. The molecule has 0 bridgehead atoms. The zero-order chi connectivity index (χ0) is 29.9. The molecule has 0 aliphatic carbocycles. The summed E-state index contributed by atoms with van der Waals surface area (Å²) in [6.07, 6.45) is -7.98. The van der Waals surface area contributed by atoms with Gasteiger partial charge in [0.15, 0.2) is 0 Å². The van der Waals surface area contributed by atoms with Gasteiger partial charge in [-0.3, -0.25) is 4.90 Å². The van der Waals surface area contributed by atoms with Crippen LogP contribution in [-0.4, -0.2) is 59.7 Å². The minimum absolute atomic E-state index is 0.108.